The number of rotatable bonds is 1. The Hall–Kier alpha value is -1.86. The van der Waals surface area contributed by atoms with Crippen LogP contribution in [0.15, 0.2) is 29.4 Å². The Bertz CT molecular complexity index is 600. The van der Waals surface area contributed by atoms with Crippen molar-refractivity contribution in [2.45, 2.75) is 26.3 Å². The van der Waals surface area contributed by atoms with Gasteiger partial charge in [-0.25, -0.2) is 0 Å². The molecule has 0 aromatic heterocycles. The molecule has 1 unspecified atom stereocenters. The van der Waals surface area contributed by atoms with Crippen LogP contribution >= 0.6 is 11.6 Å². The van der Waals surface area contributed by atoms with Crippen molar-refractivity contribution in [3.8, 4) is 6.07 Å². The number of nitrogens with two attached hydrogens (primary N) is 1. The number of benzene rings is 1. The Morgan fingerprint density at radius 2 is 1.89 bits per heavy atom. The minimum absolute atomic E-state index is 0.257. The maximum absolute atomic E-state index is 9.32. The van der Waals surface area contributed by atoms with Crippen LogP contribution in [-0.4, -0.2) is 21.8 Å². The molecule has 5 heteroatoms. The van der Waals surface area contributed by atoms with Gasteiger partial charge in [0.1, 0.15) is 11.3 Å². The summed E-state index contributed by atoms with van der Waals surface area (Å²) in [4.78, 5) is 0. The van der Waals surface area contributed by atoms with E-state index in [1.807, 2.05) is 32.9 Å². The minimum Gasteiger partial charge on any atom is -0.288 e. The van der Waals surface area contributed by atoms with E-state index in [1.165, 1.54) is 0 Å². The summed E-state index contributed by atoms with van der Waals surface area (Å²) in [6.07, 6.45) is 0. The normalized spacial score (nSPS) is 19.3. The number of hydrazone groups is 1. The highest BCUT2D eigenvalue weighted by Gasteiger charge is 2.39. The van der Waals surface area contributed by atoms with Crippen LogP contribution < -0.4 is 5.73 Å². The molecule has 1 heterocycles. The zero-order valence-electron chi connectivity index (χ0n) is 11.2. The molecule has 0 amide bonds. The first-order valence-electron chi connectivity index (χ1n) is 6.01. The third kappa shape index (κ3) is 2.47. The van der Waals surface area contributed by atoms with Crippen LogP contribution in [0.1, 0.15) is 26.3 Å². The fraction of sp³-hybridized carbons (Fsp3) is 0.357. The molecular weight excluding hydrogens is 260 g/mol. The Balaban J connectivity index is 2.49. The summed E-state index contributed by atoms with van der Waals surface area (Å²) in [5, 5.41) is 14.5. The van der Waals surface area contributed by atoms with E-state index in [9.17, 15) is 5.26 Å². The van der Waals surface area contributed by atoms with Gasteiger partial charge < -0.3 is 0 Å². The largest absolute Gasteiger partial charge is 0.292 e. The second-order valence-corrected chi connectivity index (χ2v) is 5.90. The Morgan fingerprint density at radius 1 is 1.32 bits per heavy atom. The lowest BCUT2D eigenvalue weighted by atomic mass is 9.97. The van der Waals surface area contributed by atoms with E-state index in [-0.39, 0.29) is 5.54 Å². The highest BCUT2D eigenvalue weighted by molar-refractivity contribution is 6.30. The van der Waals surface area contributed by atoms with Crippen LogP contribution in [0.25, 0.3) is 0 Å². The van der Waals surface area contributed by atoms with Crippen molar-refractivity contribution in [1.82, 2.24) is 0 Å². The molecule has 2 rings (SSSR count). The molecule has 0 aliphatic carbocycles. The molecule has 4 nitrogen and oxygen atoms in total. The second-order valence-electron chi connectivity index (χ2n) is 5.46. The Kier molecular flexibility index (Phi) is 3.34. The van der Waals surface area contributed by atoms with Crippen molar-refractivity contribution in [2.75, 3.05) is 0 Å². The third-order valence-electron chi connectivity index (χ3n) is 2.93. The average molecular weight is 276 g/mol. The second kappa shape index (κ2) is 4.67. The number of halogens is 1. The summed E-state index contributed by atoms with van der Waals surface area (Å²) in [7, 11) is 0. The molecule has 1 atom stereocenters. The smallest absolute Gasteiger partial charge is 0.288 e. The van der Waals surface area contributed by atoms with Crippen LogP contribution in [0.5, 0.6) is 0 Å². The lowest BCUT2D eigenvalue weighted by molar-refractivity contribution is -0.600. The predicted octanol–water partition coefficient (Wildman–Crippen LogP) is 2.37. The first-order chi connectivity index (χ1) is 8.84. The van der Waals surface area contributed by atoms with E-state index < -0.39 is 5.92 Å². The van der Waals surface area contributed by atoms with Gasteiger partial charge in [0.15, 0.2) is 5.92 Å². The molecule has 1 aromatic carbocycles. The molecule has 1 aliphatic heterocycles. The molecule has 0 radical (unpaired) electrons. The van der Waals surface area contributed by atoms with Gasteiger partial charge >= 0.3 is 0 Å². The molecule has 0 saturated heterocycles. The minimum atomic E-state index is -0.514. The number of nitriles is 1. The summed E-state index contributed by atoms with van der Waals surface area (Å²) in [5.41, 5.74) is 7.34. The molecule has 0 fully saturated rings. The maximum Gasteiger partial charge on any atom is 0.292 e. The topological polar surface area (TPSA) is 65.2 Å². The highest BCUT2D eigenvalue weighted by Crippen LogP contribution is 2.22. The van der Waals surface area contributed by atoms with E-state index in [1.54, 1.807) is 16.8 Å². The van der Waals surface area contributed by atoms with Crippen LogP contribution in [0.4, 0.5) is 0 Å². The van der Waals surface area contributed by atoms with Crippen molar-refractivity contribution in [2.24, 2.45) is 16.8 Å². The summed E-state index contributed by atoms with van der Waals surface area (Å²) in [6.45, 7) is 6.01. The molecule has 0 spiro atoms. The lowest BCUT2D eigenvalue weighted by Crippen LogP contribution is -2.38. The molecule has 0 saturated carbocycles. The van der Waals surface area contributed by atoms with Crippen LogP contribution in [-0.2, 0) is 0 Å². The zero-order chi connectivity index (χ0) is 14.2. The van der Waals surface area contributed by atoms with Gasteiger partial charge in [0.25, 0.3) is 5.84 Å². The molecule has 1 aliphatic rings. The third-order valence-corrected chi connectivity index (χ3v) is 3.18. The highest BCUT2D eigenvalue weighted by atomic mass is 35.5. The molecule has 98 valence electrons. The van der Waals surface area contributed by atoms with Crippen molar-refractivity contribution in [1.29, 1.82) is 5.26 Å². The quantitative estimate of drug-likeness (QED) is 0.800. The van der Waals surface area contributed by atoms with Crippen molar-refractivity contribution in [3.63, 3.8) is 0 Å². The van der Waals surface area contributed by atoms with Gasteiger partial charge in [-0.2, -0.15) is 5.26 Å². The first-order valence-corrected chi connectivity index (χ1v) is 6.39. The van der Waals surface area contributed by atoms with Crippen LogP contribution in [0, 0.1) is 17.2 Å². The fourth-order valence-corrected chi connectivity index (χ4v) is 2.12. The standard InChI is InChI=1S/C14H15ClN4/c1-14(2,3)19-13(17)11(8-16)12(18-19)9-4-6-10(15)7-5-9/h4-7,11,17H,1-3H3/p+1. The van der Waals surface area contributed by atoms with Gasteiger partial charge in [-0.05, 0) is 32.9 Å². The lowest BCUT2D eigenvalue weighted by Gasteiger charge is -2.15. The zero-order valence-corrected chi connectivity index (χ0v) is 11.9. The summed E-state index contributed by atoms with van der Waals surface area (Å²) in [5.74, 6) is -0.0413. The summed E-state index contributed by atoms with van der Waals surface area (Å²) in [6, 6.07) is 9.48. The van der Waals surface area contributed by atoms with Gasteiger partial charge in [-0.3, -0.25) is 5.73 Å². The van der Waals surface area contributed by atoms with E-state index in [2.05, 4.69) is 11.2 Å². The monoisotopic (exact) mass is 275 g/mol. The number of hydrogen-bond donors (Lipinski definition) is 1. The van der Waals surface area contributed by atoms with E-state index >= 15 is 0 Å². The maximum atomic E-state index is 9.32. The van der Waals surface area contributed by atoms with E-state index in [0.717, 1.165) is 5.56 Å². The number of amidine groups is 1. The molecular formula is C14H16ClN4+. The van der Waals surface area contributed by atoms with Crippen LogP contribution in [0.2, 0.25) is 5.02 Å². The molecule has 0 bridgehead atoms. The van der Waals surface area contributed by atoms with Gasteiger partial charge in [-0.1, -0.05) is 28.8 Å². The van der Waals surface area contributed by atoms with E-state index in [0.29, 0.717) is 16.6 Å². The van der Waals surface area contributed by atoms with Gasteiger partial charge in [0, 0.05) is 10.6 Å². The van der Waals surface area contributed by atoms with Crippen LogP contribution in [0.3, 0.4) is 0 Å². The SMILES string of the molecule is CC(C)(C)[N+]1=C(N)C(C#N)C(c2ccc(Cl)cc2)=N1. The molecule has 2 N–H and O–H groups in total. The molecule has 1 aromatic rings. The molecule has 19 heavy (non-hydrogen) atoms. The van der Waals surface area contributed by atoms with Gasteiger partial charge in [0.2, 0.25) is 0 Å². The number of hydrogen-bond acceptors (Lipinski definition) is 3. The van der Waals surface area contributed by atoms with E-state index in [4.69, 9.17) is 17.3 Å². The first kappa shape index (κ1) is 13.6. The van der Waals surface area contributed by atoms with Gasteiger partial charge in [0.05, 0.1) is 6.07 Å². The predicted molar refractivity (Wildman–Crippen MR) is 76.3 cm³/mol. The summed E-state index contributed by atoms with van der Waals surface area (Å²) < 4.78 is 1.71. The number of nitrogens with zero attached hydrogens (tertiary/aromatic N) is 3. The Labute approximate surface area is 117 Å². The van der Waals surface area contributed by atoms with Crippen molar-refractivity contribution >= 4 is 23.1 Å². The van der Waals surface area contributed by atoms with Crippen molar-refractivity contribution in [3.05, 3.63) is 34.9 Å². The summed E-state index contributed by atoms with van der Waals surface area (Å²) >= 11 is 5.87. The Morgan fingerprint density at radius 3 is 2.37 bits per heavy atom. The fourth-order valence-electron chi connectivity index (χ4n) is 2.00. The average Bonchev–Trinajstić information content (AvgIpc) is 2.67. The van der Waals surface area contributed by atoms with Crippen molar-refractivity contribution < 1.29 is 4.68 Å². The van der Waals surface area contributed by atoms with Gasteiger partial charge in [-0.15, -0.1) is 4.68 Å².